The van der Waals surface area contributed by atoms with Crippen molar-refractivity contribution in [3.05, 3.63) is 60.7 Å². The number of hydrogen-bond donors (Lipinski definition) is 1. The van der Waals surface area contributed by atoms with Gasteiger partial charge in [-0.1, -0.05) is 48.5 Å². The Morgan fingerprint density at radius 3 is 2.73 bits per heavy atom. The van der Waals surface area contributed by atoms with Gasteiger partial charge in [0.1, 0.15) is 6.04 Å². The summed E-state index contributed by atoms with van der Waals surface area (Å²) in [5.41, 5.74) is 0.875. The van der Waals surface area contributed by atoms with E-state index in [9.17, 15) is 9.59 Å². The molecule has 0 aliphatic heterocycles. The summed E-state index contributed by atoms with van der Waals surface area (Å²) < 4.78 is 5.01. The molecule has 0 radical (unpaired) electrons. The SMILES string of the molecule is C=CCCOC(=O)NC(Cc1ccc2ccccc2c1)C(=O)N(C)C#N. The Hall–Kier alpha value is -3.33. The average molecular weight is 351 g/mol. The van der Waals surface area contributed by atoms with Gasteiger partial charge in [0.25, 0.3) is 5.91 Å². The van der Waals surface area contributed by atoms with Crippen molar-refractivity contribution in [2.75, 3.05) is 13.7 Å². The van der Waals surface area contributed by atoms with Crippen LogP contribution in [0.2, 0.25) is 0 Å². The van der Waals surface area contributed by atoms with Gasteiger partial charge in [-0.3, -0.25) is 9.69 Å². The third-order valence-electron chi connectivity index (χ3n) is 3.88. The fourth-order valence-electron chi connectivity index (χ4n) is 2.50. The minimum absolute atomic E-state index is 0.181. The van der Waals surface area contributed by atoms with Gasteiger partial charge in [-0.2, -0.15) is 5.26 Å². The Morgan fingerprint density at radius 2 is 2.04 bits per heavy atom. The van der Waals surface area contributed by atoms with E-state index in [1.165, 1.54) is 7.05 Å². The highest BCUT2D eigenvalue weighted by Gasteiger charge is 2.25. The van der Waals surface area contributed by atoms with Crippen molar-refractivity contribution in [2.45, 2.75) is 18.9 Å². The number of carbonyl (C=O) groups is 2. The fraction of sp³-hybridized carbons (Fsp3) is 0.250. The molecule has 0 bridgehead atoms. The third kappa shape index (κ3) is 5.08. The van der Waals surface area contributed by atoms with Crippen LogP contribution in [0.1, 0.15) is 12.0 Å². The van der Waals surface area contributed by atoms with E-state index < -0.39 is 18.0 Å². The Morgan fingerprint density at radius 1 is 1.31 bits per heavy atom. The zero-order valence-electron chi connectivity index (χ0n) is 14.6. The van der Waals surface area contributed by atoms with E-state index in [1.807, 2.05) is 42.5 Å². The molecule has 134 valence electrons. The van der Waals surface area contributed by atoms with Gasteiger partial charge < -0.3 is 10.1 Å². The van der Waals surface area contributed by atoms with E-state index >= 15 is 0 Å². The lowest BCUT2D eigenvalue weighted by atomic mass is 10.0. The van der Waals surface area contributed by atoms with Gasteiger partial charge in [-0.15, -0.1) is 6.58 Å². The number of alkyl carbamates (subject to hydrolysis) is 1. The number of nitrogens with one attached hydrogen (secondary N) is 1. The second-order valence-electron chi connectivity index (χ2n) is 5.79. The minimum Gasteiger partial charge on any atom is -0.449 e. The lowest BCUT2D eigenvalue weighted by molar-refractivity contribution is -0.129. The molecule has 0 fully saturated rings. The first-order chi connectivity index (χ1) is 12.5. The second kappa shape index (κ2) is 9.23. The number of fused-ring (bicyclic) bond motifs is 1. The van der Waals surface area contributed by atoms with Crippen LogP contribution < -0.4 is 5.32 Å². The number of amides is 2. The van der Waals surface area contributed by atoms with Gasteiger partial charge in [0.05, 0.1) is 6.61 Å². The van der Waals surface area contributed by atoms with Crippen LogP contribution in [0.5, 0.6) is 0 Å². The number of carbonyl (C=O) groups excluding carboxylic acids is 2. The normalized spacial score (nSPS) is 11.2. The molecule has 2 amide bonds. The maximum Gasteiger partial charge on any atom is 0.407 e. The first kappa shape index (κ1) is 19.0. The van der Waals surface area contributed by atoms with Crippen molar-refractivity contribution in [3.8, 4) is 6.19 Å². The molecule has 2 aromatic rings. The molecule has 0 spiro atoms. The minimum atomic E-state index is -0.892. The summed E-state index contributed by atoms with van der Waals surface area (Å²) in [6, 6.07) is 12.8. The van der Waals surface area contributed by atoms with E-state index in [0.717, 1.165) is 21.2 Å². The van der Waals surface area contributed by atoms with Crippen molar-refractivity contribution in [2.24, 2.45) is 0 Å². The van der Waals surface area contributed by atoms with Gasteiger partial charge in [0.15, 0.2) is 6.19 Å². The molecule has 6 nitrogen and oxygen atoms in total. The largest absolute Gasteiger partial charge is 0.449 e. The first-order valence-corrected chi connectivity index (χ1v) is 8.24. The van der Waals surface area contributed by atoms with Crippen LogP contribution in [0.25, 0.3) is 10.8 Å². The molecule has 0 heterocycles. The summed E-state index contributed by atoms with van der Waals surface area (Å²) in [5.74, 6) is -0.499. The molecule has 26 heavy (non-hydrogen) atoms. The van der Waals surface area contributed by atoms with E-state index in [0.29, 0.717) is 6.42 Å². The summed E-state index contributed by atoms with van der Waals surface area (Å²) in [4.78, 5) is 25.2. The van der Waals surface area contributed by atoms with Crippen molar-refractivity contribution in [3.63, 3.8) is 0 Å². The van der Waals surface area contributed by atoms with Gasteiger partial charge in [0, 0.05) is 13.5 Å². The Labute approximate surface area is 152 Å². The third-order valence-corrected chi connectivity index (χ3v) is 3.88. The predicted octanol–water partition coefficient (Wildman–Crippen LogP) is 2.99. The lowest BCUT2D eigenvalue weighted by Gasteiger charge is -2.20. The molecule has 0 aliphatic carbocycles. The Balaban J connectivity index is 2.16. The molecule has 1 N–H and O–H groups in total. The second-order valence-corrected chi connectivity index (χ2v) is 5.79. The Bertz CT molecular complexity index is 842. The maximum atomic E-state index is 12.4. The molecule has 0 aliphatic rings. The van der Waals surface area contributed by atoms with Gasteiger partial charge in [0.2, 0.25) is 0 Å². The lowest BCUT2D eigenvalue weighted by Crippen LogP contribution is -2.47. The highest BCUT2D eigenvalue weighted by Crippen LogP contribution is 2.17. The smallest absolute Gasteiger partial charge is 0.407 e. The van der Waals surface area contributed by atoms with E-state index in [-0.39, 0.29) is 13.0 Å². The number of nitriles is 1. The molecule has 2 aromatic carbocycles. The van der Waals surface area contributed by atoms with Gasteiger partial charge >= 0.3 is 6.09 Å². The quantitative estimate of drug-likeness (QED) is 0.360. The summed E-state index contributed by atoms with van der Waals surface area (Å²) in [6.07, 6.45) is 3.48. The molecule has 0 saturated heterocycles. The van der Waals surface area contributed by atoms with Gasteiger partial charge in [-0.05, 0) is 22.8 Å². The zero-order valence-corrected chi connectivity index (χ0v) is 14.6. The summed E-state index contributed by atoms with van der Waals surface area (Å²) >= 11 is 0. The summed E-state index contributed by atoms with van der Waals surface area (Å²) in [7, 11) is 1.36. The average Bonchev–Trinajstić information content (AvgIpc) is 2.66. The van der Waals surface area contributed by atoms with Crippen molar-refractivity contribution in [1.29, 1.82) is 5.26 Å². The number of ether oxygens (including phenoxy) is 1. The monoisotopic (exact) mass is 351 g/mol. The number of hydrogen-bond acceptors (Lipinski definition) is 4. The molecule has 2 rings (SSSR count). The van der Waals surface area contributed by atoms with Crippen LogP contribution >= 0.6 is 0 Å². The van der Waals surface area contributed by atoms with E-state index in [4.69, 9.17) is 10.00 Å². The van der Waals surface area contributed by atoms with Crippen molar-refractivity contribution >= 4 is 22.8 Å². The van der Waals surface area contributed by atoms with Crippen LogP contribution in [0.15, 0.2) is 55.1 Å². The summed E-state index contributed by atoms with van der Waals surface area (Å²) in [5, 5.41) is 13.6. The standard InChI is InChI=1S/C20H21N3O3/c1-3-4-11-26-20(25)22-18(19(24)23(2)14-21)13-15-9-10-16-7-5-6-8-17(16)12-15/h3,5-10,12,18H,1,4,11,13H2,2H3,(H,22,25). The molecule has 0 aromatic heterocycles. The van der Waals surface area contributed by atoms with Crippen molar-refractivity contribution < 1.29 is 14.3 Å². The molecular formula is C20H21N3O3. The fourth-order valence-corrected chi connectivity index (χ4v) is 2.50. The summed E-state index contributed by atoms with van der Waals surface area (Å²) in [6.45, 7) is 3.73. The molecule has 1 atom stereocenters. The Kier molecular flexibility index (Phi) is 6.75. The number of nitrogens with zero attached hydrogens (tertiary/aromatic N) is 2. The van der Waals surface area contributed by atoms with Crippen LogP contribution in [-0.4, -0.2) is 36.6 Å². The predicted molar refractivity (Wildman–Crippen MR) is 99.1 cm³/mol. The van der Waals surface area contributed by atoms with Crippen LogP contribution in [0, 0.1) is 11.5 Å². The molecule has 0 saturated carbocycles. The highest BCUT2D eigenvalue weighted by atomic mass is 16.5. The van der Waals surface area contributed by atoms with Crippen LogP contribution in [0.4, 0.5) is 4.79 Å². The van der Waals surface area contributed by atoms with E-state index in [1.54, 1.807) is 12.3 Å². The molecule has 6 heteroatoms. The van der Waals surface area contributed by atoms with Gasteiger partial charge in [-0.25, -0.2) is 4.79 Å². The number of likely N-dealkylation sites (N-methyl/N-ethyl adjacent to an activating group) is 1. The van der Waals surface area contributed by atoms with Crippen LogP contribution in [-0.2, 0) is 16.0 Å². The molecular weight excluding hydrogens is 330 g/mol. The molecule has 1 unspecified atom stereocenters. The van der Waals surface area contributed by atoms with Crippen LogP contribution in [0.3, 0.4) is 0 Å². The van der Waals surface area contributed by atoms with E-state index in [2.05, 4.69) is 11.9 Å². The zero-order chi connectivity index (χ0) is 18.9. The number of rotatable bonds is 7. The maximum absolute atomic E-state index is 12.4. The first-order valence-electron chi connectivity index (χ1n) is 8.24. The number of benzene rings is 2. The van der Waals surface area contributed by atoms with Crippen molar-refractivity contribution in [1.82, 2.24) is 10.2 Å². The topological polar surface area (TPSA) is 82.4 Å². The highest BCUT2D eigenvalue weighted by molar-refractivity contribution is 5.87.